The normalized spacial score (nSPS) is 13.3. The molecule has 2 amide bonds. The van der Waals surface area contributed by atoms with Crippen LogP contribution in [0.25, 0.3) is 0 Å². The van der Waals surface area contributed by atoms with Gasteiger partial charge in [0.15, 0.2) is 0 Å². The van der Waals surface area contributed by atoms with Crippen LogP contribution >= 0.6 is 11.6 Å². The van der Waals surface area contributed by atoms with Crippen molar-refractivity contribution in [2.24, 2.45) is 0 Å². The number of nitrogens with zero attached hydrogens (tertiary/aromatic N) is 1. The quantitative estimate of drug-likeness (QED) is 0.846. The lowest BCUT2D eigenvalue weighted by Crippen LogP contribution is -2.47. The molecule has 0 saturated heterocycles. The molecule has 1 rings (SSSR count). The molecule has 0 aromatic heterocycles. The van der Waals surface area contributed by atoms with Crippen molar-refractivity contribution in [1.29, 1.82) is 0 Å². The summed E-state index contributed by atoms with van der Waals surface area (Å²) in [4.78, 5) is 24.7. The number of aliphatic carboxylic acids is 1. The highest BCUT2D eigenvalue weighted by atomic mass is 35.5. The molecule has 6 heteroatoms. The maximum absolute atomic E-state index is 12.2. The molecule has 1 aromatic rings. The van der Waals surface area contributed by atoms with Crippen LogP contribution in [0, 0.1) is 0 Å². The van der Waals surface area contributed by atoms with Crippen molar-refractivity contribution in [3.05, 3.63) is 34.9 Å². The number of carboxylic acids is 1. The number of carbonyl (C=O) groups is 2. The SMILES string of the molecule is CCC[C@@H](NC(=O)N(C)C(C)c1ccccc1Cl)C(=O)O. The molecule has 2 N–H and O–H groups in total. The van der Waals surface area contributed by atoms with Gasteiger partial charge < -0.3 is 15.3 Å². The summed E-state index contributed by atoms with van der Waals surface area (Å²) < 4.78 is 0. The van der Waals surface area contributed by atoms with Crippen LogP contribution in [-0.2, 0) is 4.79 Å². The molecule has 0 aliphatic heterocycles. The molecule has 1 aromatic carbocycles. The van der Waals surface area contributed by atoms with Crippen LogP contribution in [0.4, 0.5) is 4.79 Å². The third-order valence-electron chi connectivity index (χ3n) is 3.43. The van der Waals surface area contributed by atoms with E-state index in [-0.39, 0.29) is 6.04 Å². The lowest BCUT2D eigenvalue weighted by Gasteiger charge is -2.27. The Balaban J connectivity index is 2.78. The lowest BCUT2D eigenvalue weighted by molar-refractivity contribution is -0.139. The topological polar surface area (TPSA) is 69.6 Å². The highest BCUT2D eigenvalue weighted by molar-refractivity contribution is 6.31. The van der Waals surface area contributed by atoms with Gasteiger partial charge in [-0.15, -0.1) is 0 Å². The van der Waals surface area contributed by atoms with Gasteiger partial charge in [-0.25, -0.2) is 9.59 Å². The zero-order chi connectivity index (χ0) is 16.0. The van der Waals surface area contributed by atoms with Gasteiger partial charge in [0.2, 0.25) is 0 Å². The Morgan fingerprint density at radius 3 is 2.52 bits per heavy atom. The maximum Gasteiger partial charge on any atom is 0.326 e. The zero-order valence-corrected chi connectivity index (χ0v) is 13.2. The molecule has 5 nitrogen and oxygen atoms in total. The molecule has 1 unspecified atom stereocenters. The van der Waals surface area contributed by atoms with E-state index in [1.54, 1.807) is 13.1 Å². The van der Waals surface area contributed by atoms with Gasteiger partial charge in [-0.2, -0.15) is 0 Å². The van der Waals surface area contributed by atoms with Crippen molar-refractivity contribution < 1.29 is 14.7 Å². The van der Waals surface area contributed by atoms with Crippen LogP contribution in [0.15, 0.2) is 24.3 Å². The van der Waals surface area contributed by atoms with Gasteiger partial charge >= 0.3 is 12.0 Å². The van der Waals surface area contributed by atoms with Gasteiger partial charge in [0.1, 0.15) is 6.04 Å². The monoisotopic (exact) mass is 312 g/mol. The molecule has 0 saturated carbocycles. The smallest absolute Gasteiger partial charge is 0.326 e. The average Bonchev–Trinajstić information content (AvgIpc) is 2.45. The van der Waals surface area contributed by atoms with E-state index in [0.717, 1.165) is 5.56 Å². The molecule has 0 spiro atoms. The third kappa shape index (κ3) is 4.63. The predicted molar refractivity (Wildman–Crippen MR) is 82.5 cm³/mol. The van der Waals surface area contributed by atoms with Crippen LogP contribution in [0.5, 0.6) is 0 Å². The van der Waals surface area contributed by atoms with Gasteiger partial charge in [-0.3, -0.25) is 0 Å². The fourth-order valence-corrected chi connectivity index (χ4v) is 2.29. The third-order valence-corrected chi connectivity index (χ3v) is 3.77. The highest BCUT2D eigenvalue weighted by Crippen LogP contribution is 2.26. The number of carboxylic acid groups (broad SMARTS) is 1. The fraction of sp³-hybridized carbons (Fsp3) is 0.467. The maximum atomic E-state index is 12.2. The average molecular weight is 313 g/mol. The number of halogens is 1. The van der Waals surface area contributed by atoms with Crippen LogP contribution < -0.4 is 5.32 Å². The Hall–Kier alpha value is -1.75. The van der Waals surface area contributed by atoms with Crippen molar-refractivity contribution >= 4 is 23.6 Å². The van der Waals surface area contributed by atoms with E-state index in [1.807, 2.05) is 32.0 Å². The number of hydrogen-bond donors (Lipinski definition) is 2. The minimum atomic E-state index is -1.02. The summed E-state index contributed by atoms with van der Waals surface area (Å²) in [6.07, 6.45) is 1.08. The Labute approximate surface area is 129 Å². The van der Waals surface area contributed by atoms with Crippen LogP contribution in [0.2, 0.25) is 5.02 Å². The van der Waals surface area contributed by atoms with E-state index < -0.39 is 18.0 Å². The number of nitrogens with one attached hydrogen (secondary N) is 1. The zero-order valence-electron chi connectivity index (χ0n) is 12.5. The van der Waals surface area contributed by atoms with E-state index in [4.69, 9.17) is 16.7 Å². The van der Waals surface area contributed by atoms with Crippen molar-refractivity contribution in [1.82, 2.24) is 10.2 Å². The van der Waals surface area contributed by atoms with Crippen molar-refractivity contribution in [3.8, 4) is 0 Å². The Bertz CT molecular complexity index is 507. The summed E-state index contributed by atoms with van der Waals surface area (Å²) in [6, 6.07) is 5.72. The van der Waals surface area contributed by atoms with Crippen LogP contribution in [0.1, 0.15) is 38.3 Å². The predicted octanol–water partition coefficient (Wildman–Crippen LogP) is 3.30. The minimum absolute atomic E-state index is 0.255. The molecule has 0 aliphatic rings. The molecular formula is C15H21ClN2O3. The van der Waals surface area contributed by atoms with Crippen molar-refractivity contribution in [2.75, 3.05) is 7.05 Å². The lowest BCUT2D eigenvalue weighted by atomic mass is 10.1. The molecule has 0 bridgehead atoms. The number of rotatable bonds is 6. The largest absolute Gasteiger partial charge is 0.480 e. The molecule has 0 heterocycles. The summed E-state index contributed by atoms with van der Waals surface area (Å²) in [5, 5.41) is 12.2. The molecule has 2 atom stereocenters. The first kappa shape index (κ1) is 17.3. The number of urea groups is 1. The molecule has 116 valence electrons. The second kappa shape index (κ2) is 7.88. The summed E-state index contributed by atoms with van der Waals surface area (Å²) in [5.41, 5.74) is 0.819. The summed E-state index contributed by atoms with van der Waals surface area (Å²) in [7, 11) is 1.62. The number of amides is 2. The van der Waals surface area contributed by atoms with E-state index in [2.05, 4.69) is 5.32 Å². The van der Waals surface area contributed by atoms with Gasteiger partial charge in [0, 0.05) is 12.1 Å². The first-order valence-corrected chi connectivity index (χ1v) is 7.26. The molecular weight excluding hydrogens is 292 g/mol. The molecule has 0 aliphatic carbocycles. The van der Waals surface area contributed by atoms with Crippen molar-refractivity contribution in [2.45, 2.75) is 38.8 Å². The minimum Gasteiger partial charge on any atom is -0.480 e. The summed E-state index contributed by atoms with van der Waals surface area (Å²) in [6.45, 7) is 3.72. The molecule has 21 heavy (non-hydrogen) atoms. The number of carbonyl (C=O) groups excluding carboxylic acids is 1. The van der Waals surface area contributed by atoms with Gasteiger partial charge in [-0.05, 0) is 25.0 Å². The Kier molecular flexibility index (Phi) is 6.49. The number of hydrogen-bond acceptors (Lipinski definition) is 2. The van der Waals surface area contributed by atoms with E-state index >= 15 is 0 Å². The second-order valence-corrected chi connectivity index (χ2v) is 5.34. The first-order chi connectivity index (χ1) is 9.88. The van der Waals surface area contributed by atoms with Crippen molar-refractivity contribution in [3.63, 3.8) is 0 Å². The summed E-state index contributed by atoms with van der Waals surface area (Å²) in [5.74, 6) is -1.02. The Morgan fingerprint density at radius 2 is 2.00 bits per heavy atom. The highest BCUT2D eigenvalue weighted by Gasteiger charge is 2.24. The van der Waals surface area contributed by atoms with E-state index in [9.17, 15) is 9.59 Å². The van der Waals surface area contributed by atoms with Crippen LogP contribution in [-0.4, -0.2) is 35.1 Å². The fourth-order valence-electron chi connectivity index (χ4n) is 2.00. The van der Waals surface area contributed by atoms with E-state index in [0.29, 0.717) is 17.9 Å². The van der Waals surface area contributed by atoms with Gasteiger partial charge in [-0.1, -0.05) is 43.1 Å². The Morgan fingerprint density at radius 1 is 1.38 bits per heavy atom. The van der Waals surface area contributed by atoms with E-state index in [1.165, 1.54) is 4.90 Å². The molecule has 0 fully saturated rings. The molecule has 0 radical (unpaired) electrons. The second-order valence-electron chi connectivity index (χ2n) is 4.94. The van der Waals surface area contributed by atoms with Gasteiger partial charge in [0.05, 0.1) is 6.04 Å². The first-order valence-electron chi connectivity index (χ1n) is 6.89. The standard InChI is InChI=1S/C15H21ClN2O3/c1-4-7-13(14(19)20)17-15(21)18(3)10(2)11-8-5-6-9-12(11)16/h5-6,8-10,13H,4,7H2,1-3H3,(H,17,21)(H,19,20)/t10?,13-/m1/s1. The van der Waals surface area contributed by atoms with Gasteiger partial charge in [0.25, 0.3) is 0 Å². The summed E-state index contributed by atoms with van der Waals surface area (Å²) >= 11 is 6.12. The van der Waals surface area contributed by atoms with Crippen LogP contribution in [0.3, 0.4) is 0 Å². The number of benzene rings is 1.